The van der Waals surface area contributed by atoms with Crippen LogP contribution in [0.3, 0.4) is 0 Å². The van der Waals surface area contributed by atoms with Crippen molar-refractivity contribution in [2.24, 2.45) is 0 Å². The van der Waals surface area contributed by atoms with Gasteiger partial charge in [0.15, 0.2) is 15.0 Å². The number of rotatable bonds is 4. The lowest BCUT2D eigenvalue weighted by Crippen LogP contribution is -1.99. The predicted molar refractivity (Wildman–Crippen MR) is 98.7 cm³/mol. The third kappa shape index (κ3) is 3.51. The van der Waals surface area contributed by atoms with Crippen LogP contribution in [0.5, 0.6) is 5.75 Å². The van der Waals surface area contributed by atoms with E-state index in [0.29, 0.717) is 21.6 Å². The average molecular weight is 397 g/mol. The summed E-state index contributed by atoms with van der Waals surface area (Å²) in [5.74, 6) is 0.560. The van der Waals surface area contributed by atoms with Gasteiger partial charge < -0.3 is 4.74 Å². The molecule has 0 aliphatic rings. The smallest absolute Gasteiger partial charge is 0.175 e. The normalized spacial score (nSPS) is 11.5. The molecular formula is C17H14Cl2N2O3S. The van der Waals surface area contributed by atoms with Gasteiger partial charge in [0.25, 0.3) is 0 Å². The molecule has 0 atom stereocenters. The van der Waals surface area contributed by atoms with Crippen LogP contribution in [0, 0.1) is 0 Å². The van der Waals surface area contributed by atoms with Crippen LogP contribution < -0.4 is 4.74 Å². The SMILES string of the molecule is COc1ccc(-c2c(Cl)ncn2-c2ccc(S(C)(=O)=O)cc2)cc1Cl. The second-order valence-electron chi connectivity index (χ2n) is 5.37. The number of sulfone groups is 1. The summed E-state index contributed by atoms with van der Waals surface area (Å²) in [5, 5.41) is 0.768. The minimum atomic E-state index is -3.25. The number of imidazole rings is 1. The Labute approximate surface area is 155 Å². The Kier molecular flexibility index (Phi) is 4.77. The molecule has 3 rings (SSSR count). The van der Waals surface area contributed by atoms with Gasteiger partial charge in [-0.05, 0) is 42.5 Å². The number of hydrogen-bond donors (Lipinski definition) is 0. The van der Waals surface area contributed by atoms with E-state index in [-0.39, 0.29) is 4.90 Å². The molecule has 0 unspecified atom stereocenters. The molecule has 0 N–H and O–H groups in total. The predicted octanol–water partition coefficient (Wildman–Crippen LogP) is 4.26. The fourth-order valence-electron chi connectivity index (χ4n) is 2.45. The van der Waals surface area contributed by atoms with Gasteiger partial charge in [-0.3, -0.25) is 4.57 Å². The molecule has 0 saturated carbocycles. The summed E-state index contributed by atoms with van der Waals surface area (Å²) >= 11 is 12.5. The first-order valence-electron chi connectivity index (χ1n) is 7.18. The van der Waals surface area contributed by atoms with Crippen LogP contribution >= 0.6 is 23.2 Å². The quantitative estimate of drug-likeness (QED) is 0.660. The molecule has 5 nitrogen and oxygen atoms in total. The highest BCUT2D eigenvalue weighted by molar-refractivity contribution is 7.90. The Hall–Kier alpha value is -2.02. The summed E-state index contributed by atoms with van der Waals surface area (Å²) in [6.45, 7) is 0. The highest BCUT2D eigenvalue weighted by atomic mass is 35.5. The maximum atomic E-state index is 11.6. The van der Waals surface area contributed by atoms with Crippen molar-refractivity contribution in [3.63, 3.8) is 0 Å². The number of hydrogen-bond acceptors (Lipinski definition) is 4. The summed E-state index contributed by atoms with van der Waals surface area (Å²) in [6.07, 6.45) is 2.74. The molecule has 0 aliphatic heterocycles. The molecule has 0 saturated heterocycles. The van der Waals surface area contributed by atoms with Crippen LogP contribution in [0.15, 0.2) is 53.7 Å². The fraction of sp³-hybridized carbons (Fsp3) is 0.118. The minimum absolute atomic E-state index is 0.247. The summed E-state index contributed by atoms with van der Waals surface area (Å²) in [5.41, 5.74) is 2.15. The zero-order chi connectivity index (χ0) is 18.2. The van der Waals surface area contributed by atoms with Crippen molar-refractivity contribution in [3.8, 4) is 22.7 Å². The molecule has 8 heteroatoms. The van der Waals surface area contributed by atoms with Crippen LogP contribution in [0.4, 0.5) is 0 Å². The zero-order valence-corrected chi connectivity index (χ0v) is 15.7. The zero-order valence-electron chi connectivity index (χ0n) is 13.4. The van der Waals surface area contributed by atoms with Gasteiger partial charge in [0.1, 0.15) is 12.1 Å². The molecule has 0 radical (unpaired) electrons. The fourth-order valence-corrected chi connectivity index (χ4v) is 3.58. The Bertz CT molecular complexity index is 1030. The van der Waals surface area contributed by atoms with Crippen LogP contribution in [0.2, 0.25) is 10.2 Å². The van der Waals surface area contributed by atoms with E-state index in [9.17, 15) is 8.42 Å². The van der Waals surface area contributed by atoms with Gasteiger partial charge in [0.2, 0.25) is 0 Å². The van der Waals surface area contributed by atoms with E-state index >= 15 is 0 Å². The molecule has 0 fully saturated rings. The lowest BCUT2D eigenvalue weighted by molar-refractivity contribution is 0.415. The summed E-state index contributed by atoms with van der Waals surface area (Å²) in [4.78, 5) is 4.40. The summed E-state index contributed by atoms with van der Waals surface area (Å²) in [7, 11) is -1.71. The highest BCUT2D eigenvalue weighted by Gasteiger charge is 2.15. The average Bonchev–Trinajstić information content (AvgIpc) is 2.95. The molecule has 0 amide bonds. The molecular weight excluding hydrogens is 383 g/mol. The van der Waals surface area contributed by atoms with Crippen LogP contribution in [0.25, 0.3) is 16.9 Å². The van der Waals surface area contributed by atoms with E-state index < -0.39 is 9.84 Å². The first-order chi connectivity index (χ1) is 11.8. The Balaban J connectivity index is 2.10. The molecule has 0 bridgehead atoms. The molecule has 1 aromatic heterocycles. The molecule has 0 spiro atoms. The number of benzene rings is 2. The van der Waals surface area contributed by atoms with Crippen molar-refractivity contribution in [3.05, 3.63) is 59.0 Å². The van der Waals surface area contributed by atoms with E-state index in [1.807, 2.05) is 6.07 Å². The lowest BCUT2D eigenvalue weighted by atomic mass is 10.1. The third-order valence-electron chi connectivity index (χ3n) is 3.69. The van der Waals surface area contributed by atoms with Crippen molar-refractivity contribution in [1.82, 2.24) is 9.55 Å². The maximum absolute atomic E-state index is 11.6. The van der Waals surface area contributed by atoms with Crippen molar-refractivity contribution in [2.75, 3.05) is 13.4 Å². The van der Waals surface area contributed by atoms with Gasteiger partial charge in [0, 0.05) is 17.5 Å². The van der Waals surface area contributed by atoms with Gasteiger partial charge in [0.05, 0.1) is 22.7 Å². The highest BCUT2D eigenvalue weighted by Crippen LogP contribution is 2.34. The lowest BCUT2D eigenvalue weighted by Gasteiger charge is -2.11. The monoisotopic (exact) mass is 396 g/mol. The van der Waals surface area contributed by atoms with Crippen molar-refractivity contribution in [1.29, 1.82) is 0 Å². The van der Waals surface area contributed by atoms with Crippen molar-refractivity contribution >= 4 is 33.0 Å². The molecule has 2 aromatic carbocycles. The van der Waals surface area contributed by atoms with Gasteiger partial charge in [-0.25, -0.2) is 13.4 Å². The van der Waals surface area contributed by atoms with Gasteiger partial charge in [-0.2, -0.15) is 0 Å². The van der Waals surface area contributed by atoms with Crippen LogP contribution in [0.1, 0.15) is 0 Å². The topological polar surface area (TPSA) is 61.2 Å². The summed E-state index contributed by atoms with van der Waals surface area (Å²) < 4.78 is 30.1. The molecule has 3 aromatic rings. The van der Waals surface area contributed by atoms with Crippen LogP contribution in [-0.2, 0) is 9.84 Å². The minimum Gasteiger partial charge on any atom is -0.495 e. The van der Waals surface area contributed by atoms with E-state index in [4.69, 9.17) is 27.9 Å². The van der Waals surface area contributed by atoms with Gasteiger partial charge in [-0.15, -0.1) is 0 Å². The summed E-state index contributed by atoms with van der Waals surface area (Å²) in [6, 6.07) is 11.8. The van der Waals surface area contributed by atoms with E-state index in [1.165, 1.54) is 6.26 Å². The number of methoxy groups -OCH3 is 1. The Morgan fingerprint density at radius 1 is 1.08 bits per heavy atom. The number of nitrogens with zero attached hydrogens (tertiary/aromatic N) is 2. The molecule has 25 heavy (non-hydrogen) atoms. The number of halogens is 2. The number of aromatic nitrogens is 2. The van der Waals surface area contributed by atoms with Gasteiger partial charge in [-0.1, -0.05) is 23.2 Å². The second kappa shape index (κ2) is 6.71. The van der Waals surface area contributed by atoms with Crippen molar-refractivity contribution < 1.29 is 13.2 Å². The Morgan fingerprint density at radius 3 is 2.32 bits per heavy atom. The van der Waals surface area contributed by atoms with E-state index in [2.05, 4.69) is 4.98 Å². The molecule has 1 heterocycles. The van der Waals surface area contributed by atoms with E-state index in [1.54, 1.807) is 54.4 Å². The largest absolute Gasteiger partial charge is 0.495 e. The maximum Gasteiger partial charge on any atom is 0.175 e. The Morgan fingerprint density at radius 2 is 1.76 bits per heavy atom. The van der Waals surface area contributed by atoms with Crippen LogP contribution in [-0.4, -0.2) is 31.3 Å². The third-order valence-corrected chi connectivity index (χ3v) is 5.39. The van der Waals surface area contributed by atoms with Crippen molar-refractivity contribution in [2.45, 2.75) is 4.90 Å². The first-order valence-corrected chi connectivity index (χ1v) is 9.83. The first kappa shape index (κ1) is 17.8. The van der Waals surface area contributed by atoms with E-state index in [0.717, 1.165) is 11.3 Å². The van der Waals surface area contributed by atoms with Gasteiger partial charge >= 0.3 is 0 Å². The number of ether oxygens (including phenoxy) is 1. The standard InChI is InChI=1S/C17H14Cl2N2O3S/c1-24-15-8-3-11(9-14(15)18)16-17(19)20-10-21(16)12-4-6-13(7-5-12)25(2,22)23/h3-10H,1-2H3. The molecule has 0 aliphatic carbocycles. The second-order valence-corrected chi connectivity index (χ2v) is 8.15. The molecule has 130 valence electrons.